The van der Waals surface area contributed by atoms with Crippen molar-refractivity contribution < 1.29 is 14.7 Å². The van der Waals surface area contributed by atoms with Gasteiger partial charge in [0.1, 0.15) is 0 Å². The predicted octanol–water partition coefficient (Wildman–Crippen LogP) is 2.17. The summed E-state index contributed by atoms with van der Waals surface area (Å²) >= 11 is 0. The second-order valence-electron chi connectivity index (χ2n) is 4.38. The Hall–Kier alpha value is -2.63. The average molecular weight is 273 g/mol. The Labute approximate surface area is 116 Å². The Morgan fingerprint density at radius 2 is 2.05 bits per heavy atom. The van der Waals surface area contributed by atoms with E-state index in [0.29, 0.717) is 11.2 Å². The zero-order valence-electron chi connectivity index (χ0n) is 11.0. The molecular formula is C14H15N3O3. The minimum Gasteiger partial charge on any atom is -0.481 e. The maximum absolute atomic E-state index is 12.0. The summed E-state index contributed by atoms with van der Waals surface area (Å²) in [4.78, 5) is 28.0. The van der Waals surface area contributed by atoms with Crippen LogP contribution in [0, 0.1) is 0 Å². The molecule has 0 fully saturated rings. The van der Waals surface area contributed by atoms with Crippen LogP contribution in [-0.2, 0) is 4.79 Å². The Kier molecular flexibility index (Phi) is 4.14. The number of benzene rings is 1. The Morgan fingerprint density at radius 1 is 1.30 bits per heavy atom. The van der Waals surface area contributed by atoms with Gasteiger partial charge in [0.05, 0.1) is 17.6 Å². The Morgan fingerprint density at radius 3 is 2.80 bits per heavy atom. The monoisotopic (exact) mass is 273 g/mol. The molecule has 1 heterocycles. The summed E-state index contributed by atoms with van der Waals surface area (Å²) < 4.78 is 0. The van der Waals surface area contributed by atoms with Crippen LogP contribution < -0.4 is 5.32 Å². The number of aliphatic carboxylic acids is 1. The number of nitrogens with one attached hydrogen (secondary N) is 1. The van der Waals surface area contributed by atoms with Gasteiger partial charge in [-0.05, 0) is 12.1 Å². The predicted molar refractivity (Wildman–Crippen MR) is 75.6 cm³/mol. The van der Waals surface area contributed by atoms with E-state index in [1.807, 2.05) is 24.3 Å². The van der Waals surface area contributed by atoms with E-state index in [1.54, 1.807) is 19.3 Å². The minimum atomic E-state index is -0.934. The first-order valence-corrected chi connectivity index (χ1v) is 6.15. The first-order valence-electron chi connectivity index (χ1n) is 6.15. The van der Waals surface area contributed by atoms with Crippen LogP contribution in [0.15, 0.2) is 36.5 Å². The van der Waals surface area contributed by atoms with Crippen LogP contribution in [0.4, 0.5) is 10.5 Å². The van der Waals surface area contributed by atoms with Gasteiger partial charge in [-0.3, -0.25) is 9.78 Å². The van der Waals surface area contributed by atoms with E-state index in [0.717, 1.165) is 5.39 Å². The first kappa shape index (κ1) is 13.8. The molecule has 0 unspecified atom stereocenters. The number of carbonyl (C=O) groups is 2. The van der Waals surface area contributed by atoms with Crippen molar-refractivity contribution in [3.63, 3.8) is 0 Å². The number of anilines is 1. The third-order valence-corrected chi connectivity index (χ3v) is 2.88. The van der Waals surface area contributed by atoms with Crippen LogP contribution in [0.25, 0.3) is 10.9 Å². The Bertz CT molecular complexity index is 637. The topological polar surface area (TPSA) is 82.5 Å². The summed E-state index contributed by atoms with van der Waals surface area (Å²) in [7, 11) is 1.55. The van der Waals surface area contributed by atoms with Crippen LogP contribution in [-0.4, -0.2) is 40.6 Å². The fraction of sp³-hybridized carbons (Fsp3) is 0.214. The lowest BCUT2D eigenvalue weighted by Crippen LogP contribution is -2.33. The molecule has 6 heteroatoms. The van der Waals surface area contributed by atoms with Crippen molar-refractivity contribution in [2.75, 3.05) is 18.9 Å². The van der Waals surface area contributed by atoms with E-state index >= 15 is 0 Å². The first-order chi connectivity index (χ1) is 9.58. The van der Waals surface area contributed by atoms with Gasteiger partial charge in [-0.25, -0.2) is 4.79 Å². The number of pyridine rings is 1. The summed E-state index contributed by atoms with van der Waals surface area (Å²) in [5.74, 6) is -0.934. The average Bonchev–Trinajstić information content (AvgIpc) is 2.45. The van der Waals surface area contributed by atoms with E-state index < -0.39 is 5.97 Å². The highest BCUT2D eigenvalue weighted by Crippen LogP contribution is 2.20. The highest BCUT2D eigenvalue weighted by molar-refractivity contribution is 5.99. The summed E-state index contributed by atoms with van der Waals surface area (Å²) in [5, 5.41) is 12.3. The molecule has 0 bridgehead atoms. The molecule has 2 N–H and O–H groups in total. The number of fused-ring (bicyclic) bond motifs is 1. The number of urea groups is 1. The summed E-state index contributed by atoms with van der Waals surface area (Å²) in [6.45, 7) is 0.152. The van der Waals surface area contributed by atoms with Gasteiger partial charge in [0.25, 0.3) is 0 Å². The second kappa shape index (κ2) is 6.01. The number of aromatic nitrogens is 1. The molecular weight excluding hydrogens is 258 g/mol. The molecule has 1 aromatic carbocycles. The number of hydrogen-bond donors (Lipinski definition) is 2. The van der Waals surface area contributed by atoms with E-state index in [2.05, 4.69) is 10.3 Å². The zero-order valence-corrected chi connectivity index (χ0v) is 11.0. The molecule has 0 aliphatic heterocycles. The molecule has 0 radical (unpaired) electrons. The van der Waals surface area contributed by atoms with Crippen molar-refractivity contribution in [1.82, 2.24) is 9.88 Å². The molecule has 0 atom stereocenters. The molecule has 1 aromatic heterocycles. The molecule has 0 aliphatic rings. The molecule has 20 heavy (non-hydrogen) atoms. The molecule has 6 nitrogen and oxygen atoms in total. The standard InChI is InChI=1S/C14H15N3O3/c1-17(9-7-12(18)19)14(20)16-11-6-2-4-10-5-3-8-15-13(10)11/h2-6,8H,7,9H2,1H3,(H,16,20)(H,18,19). The van der Waals surface area contributed by atoms with Crippen LogP contribution >= 0.6 is 0 Å². The number of nitrogens with zero attached hydrogens (tertiary/aromatic N) is 2. The minimum absolute atomic E-state index is 0.0856. The van der Waals surface area contributed by atoms with Crippen LogP contribution in [0.5, 0.6) is 0 Å². The second-order valence-corrected chi connectivity index (χ2v) is 4.38. The number of carbonyl (C=O) groups excluding carboxylic acids is 1. The van der Waals surface area contributed by atoms with Crippen molar-refractivity contribution in [3.05, 3.63) is 36.5 Å². The van der Waals surface area contributed by atoms with Gasteiger partial charge in [0, 0.05) is 25.2 Å². The highest BCUT2D eigenvalue weighted by Gasteiger charge is 2.12. The fourth-order valence-electron chi connectivity index (χ4n) is 1.78. The largest absolute Gasteiger partial charge is 0.481 e. The summed E-state index contributed by atoms with van der Waals surface area (Å²) in [6.07, 6.45) is 1.57. The third-order valence-electron chi connectivity index (χ3n) is 2.88. The molecule has 0 saturated heterocycles. The van der Waals surface area contributed by atoms with Gasteiger partial charge >= 0.3 is 12.0 Å². The normalized spacial score (nSPS) is 10.2. The molecule has 2 aromatic rings. The van der Waals surface area contributed by atoms with Crippen molar-refractivity contribution in [2.24, 2.45) is 0 Å². The van der Waals surface area contributed by atoms with Gasteiger partial charge in [0.15, 0.2) is 0 Å². The van der Waals surface area contributed by atoms with Gasteiger partial charge in [0.2, 0.25) is 0 Å². The van der Waals surface area contributed by atoms with Gasteiger partial charge in [-0.15, -0.1) is 0 Å². The van der Waals surface area contributed by atoms with Gasteiger partial charge in [-0.2, -0.15) is 0 Å². The van der Waals surface area contributed by atoms with E-state index in [1.165, 1.54) is 4.90 Å². The van der Waals surface area contributed by atoms with E-state index in [4.69, 9.17) is 5.11 Å². The van der Waals surface area contributed by atoms with Crippen LogP contribution in [0.1, 0.15) is 6.42 Å². The molecule has 2 amide bonds. The lowest BCUT2D eigenvalue weighted by atomic mass is 10.2. The summed E-state index contributed by atoms with van der Waals surface area (Å²) in [5.41, 5.74) is 1.31. The Balaban J connectivity index is 2.12. The van der Waals surface area contributed by atoms with Crippen LogP contribution in [0.2, 0.25) is 0 Å². The molecule has 0 saturated carbocycles. The quantitative estimate of drug-likeness (QED) is 0.894. The van der Waals surface area contributed by atoms with Gasteiger partial charge in [-0.1, -0.05) is 18.2 Å². The fourth-order valence-corrected chi connectivity index (χ4v) is 1.78. The SMILES string of the molecule is CN(CCC(=O)O)C(=O)Nc1cccc2cccnc12. The zero-order chi connectivity index (χ0) is 14.5. The lowest BCUT2D eigenvalue weighted by molar-refractivity contribution is -0.137. The highest BCUT2D eigenvalue weighted by atomic mass is 16.4. The van der Waals surface area contributed by atoms with E-state index in [9.17, 15) is 9.59 Å². The molecule has 0 aliphatic carbocycles. The smallest absolute Gasteiger partial charge is 0.321 e. The number of amides is 2. The number of rotatable bonds is 4. The van der Waals surface area contributed by atoms with Crippen molar-refractivity contribution in [3.8, 4) is 0 Å². The third kappa shape index (κ3) is 3.23. The maximum Gasteiger partial charge on any atom is 0.321 e. The number of carboxylic acid groups (broad SMARTS) is 1. The summed E-state index contributed by atoms with van der Waals surface area (Å²) in [6, 6.07) is 8.88. The van der Waals surface area contributed by atoms with Crippen molar-refractivity contribution in [1.29, 1.82) is 0 Å². The van der Waals surface area contributed by atoms with E-state index in [-0.39, 0.29) is 19.0 Å². The number of hydrogen-bond acceptors (Lipinski definition) is 3. The number of carboxylic acids is 1. The molecule has 104 valence electrons. The van der Waals surface area contributed by atoms with Crippen molar-refractivity contribution in [2.45, 2.75) is 6.42 Å². The molecule has 0 spiro atoms. The molecule has 2 rings (SSSR count). The van der Waals surface area contributed by atoms with Crippen LogP contribution in [0.3, 0.4) is 0 Å². The lowest BCUT2D eigenvalue weighted by Gasteiger charge is -2.17. The maximum atomic E-state index is 12.0. The number of para-hydroxylation sites is 1. The van der Waals surface area contributed by atoms with Gasteiger partial charge < -0.3 is 15.3 Å². The van der Waals surface area contributed by atoms with Crippen molar-refractivity contribution >= 4 is 28.6 Å².